The van der Waals surface area contributed by atoms with E-state index in [0.717, 1.165) is 32.8 Å². The first-order chi connectivity index (χ1) is 28.2. The van der Waals surface area contributed by atoms with Crippen LogP contribution in [-0.2, 0) is 53.0 Å². The lowest BCUT2D eigenvalue weighted by molar-refractivity contribution is -0.144. The van der Waals surface area contributed by atoms with Crippen LogP contribution in [0.4, 0.5) is 4.79 Å². The normalized spacial score (nSPS) is 17.1. The minimum absolute atomic E-state index is 0.0223. The van der Waals surface area contributed by atoms with E-state index in [1.807, 2.05) is 88.7 Å². The van der Waals surface area contributed by atoms with Crippen LogP contribution in [0.5, 0.6) is 0 Å². The van der Waals surface area contributed by atoms with Gasteiger partial charge in [0.05, 0.1) is 47.5 Å². The number of ether oxygens (including phenoxy) is 3. The van der Waals surface area contributed by atoms with E-state index in [1.54, 1.807) is 32.1 Å². The van der Waals surface area contributed by atoms with E-state index in [2.05, 4.69) is 20.9 Å². The predicted molar refractivity (Wildman–Crippen MR) is 228 cm³/mol. The number of hydrogen-bond donors (Lipinski definition) is 5. The van der Waals surface area contributed by atoms with Gasteiger partial charge in [0.25, 0.3) is 0 Å². The highest BCUT2D eigenvalue weighted by Gasteiger charge is 2.44. The number of carbonyl (C=O) groups is 5. The fourth-order valence-electron chi connectivity index (χ4n) is 6.66. The van der Waals surface area contributed by atoms with Gasteiger partial charge >= 0.3 is 6.09 Å². The van der Waals surface area contributed by atoms with Gasteiger partial charge in [0.15, 0.2) is 0 Å². The number of aliphatic hydroxyl groups excluding tert-OH is 1. The molecular weight excluding hydrogens is 789 g/mol. The first kappa shape index (κ1) is 47.8. The van der Waals surface area contributed by atoms with Crippen molar-refractivity contribution >= 4 is 41.1 Å². The Labute approximate surface area is 357 Å². The summed E-state index contributed by atoms with van der Waals surface area (Å²) in [6.07, 6.45) is -0.919. The van der Waals surface area contributed by atoms with Gasteiger partial charge in [-0.2, -0.15) is 0 Å². The molecule has 0 spiro atoms. The first-order valence-electron chi connectivity index (χ1n) is 20.3. The number of thiazole rings is 1. The average molecular weight is 851 g/mol. The topological polar surface area (TPSA) is 212 Å². The second-order valence-electron chi connectivity index (χ2n) is 17.3. The Bertz CT molecular complexity index is 1910. The highest BCUT2D eigenvalue weighted by atomic mass is 32.1. The minimum Gasteiger partial charge on any atom is -0.444 e. The molecule has 2 aromatic carbocycles. The molecule has 1 aliphatic heterocycles. The van der Waals surface area contributed by atoms with Crippen molar-refractivity contribution in [2.45, 2.75) is 130 Å². The Morgan fingerprint density at radius 2 is 1.62 bits per heavy atom. The van der Waals surface area contributed by atoms with Gasteiger partial charge in [0, 0.05) is 25.9 Å². The molecule has 328 valence electrons. The van der Waals surface area contributed by atoms with Gasteiger partial charge in [-0.25, -0.2) is 9.78 Å². The number of aliphatic hydroxyl groups is 1. The Morgan fingerprint density at radius 1 is 0.967 bits per heavy atom. The molecular formula is C44H62N6O9S. The first-order valence-corrected chi connectivity index (χ1v) is 21.2. The lowest BCUT2D eigenvalue weighted by Crippen LogP contribution is -2.58. The highest BCUT2D eigenvalue weighted by molar-refractivity contribution is 7.13. The average Bonchev–Trinajstić information content (AvgIpc) is 3.79. The Balaban J connectivity index is 1.23. The number of nitrogens with zero attached hydrogens (tertiary/aromatic N) is 2. The number of nitrogens with two attached hydrogens (primary N) is 1. The molecule has 3 unspecified atom stereocenters. The zero-order chi connectivity index (χ0) is 44.2. The van der Waals surface area contributed by atoms with Crippen LogP contribution in [0.15, 0.2) is 54.0 Å². The van der Waals surface area contributed by atoms with E-state index in [-0.39, 0.29) is 51.7 Å². The van der Waals surface area contributed by atoms with Crippen LogP contribution in [0.25, 0.3) is 10.4 Å². The SMILES string of the molecule is Cc1ncsc1-c1ccc(CNC(=O)[C@@H]2C[C@@H](O)CN2C(=O)C(NC(=O)COCCc2ccc(COC(C)C(CCC(N)=O)NC(=O)OC(C)(C)C)cc2)C(C)(C)C)cc1. The number of hydrogen-bond acceptors (Lipinski definition) is 11. The van der Waals surface area contributed by atoms with Crippen molar-refractivity contribution in [2.75, 3.05) is 19.8 Å². The number of aryl methyl sites for hydroxylation is 1. The van der Waals surface area contributed by atoms with Crippen LogP contribution in [-0.4, -0.2) is 100 Å². The summed E-state index contributed by atoms with van der Waals surface area (Å²) in [7, 11) is 0. The molecule has 0 radical (unpaired) electrons. The van der Waals surface area contributed by atoms with E-state index in [1.165, 1.54) is 4.90 Å². The van der Waals surface area contributed by atoms with Gasteiger partial charge < -0.3 is 45.9 Å². The van der Waals surface area contributed by atoms with Crippen LogP contribution in [0, 0.1) is 12.3 Å². The minimum atomic E-state index is -0.971. The van der Waals surface area contributed by atoms with Gasteiger partial charge in [0.1, 0.15) is 24.3 Å². The Morgan fingerprint density at radius 3 is 2.22 bits per heavy atom. The molecule has 4 rings (SSSR count). The van der Waals surface area contributed by atoms with Gasteiger partial charge in [-0.15, -0.1) is 11.3 Å². The molecule has 1 fully saturated rings. The number of β-amino-alcohol motifs (C(OH)–C–C–N with tert-alkyl or cyclic N) is 1. The largest absolute Gasteiger partial charge is 0.444 e. The quantitative estimate of drug-likeness (QED) is 0.106. The molecule has 1 aromatic heterocycles. The van der Waals surface area contributed by atoms with Crippen LogP contribution in [0.1, 0.15) is 90.1 Å². The Hall–Kier alpha value is -4.90. The number of likely N-dealkylation sites (tertiary alicyclic amines) is 1. The third kappa shape index (κ3) is 15.0. The van der Waals surface area contributed by atoms with Crippen LogP contribution in [0.3, 0.4) is 0 Å². The molecule has 15 nitrogen and oxygen atoms in total. The molecule has 1 aliphatic rings. The molecule has 16 heteroatoms. The number of primary amides is 1. The van der Waals surface area contributed by atoms with Crippen molar-refractivity contribution in [1.82, 2.24) is 25.8 Å². The standard InChI is InChI=1S/C44H62N6O9S/c1-27-38(60-26-47-27)32-15-13-30(14-16-32)22-46-40(54)35-21-33(51)23-50(35)41(55)39(43(3,4)5)49-37(53)25-57-20-19-29-9-11-31(12-10-29)24-58-28(2)34(17-18-36(45)52)48-42(56)59-44(6,7)8/h9-16,26,28,33-35,39,51H,17-25H2,1-8H3,(H2,45,52)(H,46,54)(H,48,56)(H,49,53)/t28?,33-,34?,35+,39?/m1/s1. The summed E-state index contributed by atoms with van der Waals surface area (Å²) in [4.78, 5) is 71.1. The Kier molecular flexibility index (Phi) is 17.2. The summed E-state index contributed by atoms with van der Waals surface area (Å²) in [5.41, 5.74) is 10.5. The second-order valence-corrected chi connectivity index (χ2v) is 18.2. The number of rotatable bonds is 19. The smallest absolute Gasteiger partial charge is 0.407 e. The molecule has 0 aliphatic carbocycles. The van der Waals surface area contributed by atoms with Crippen LogP contribution >= 0.6 is 11.3 Å². The molecule has 3 aromatic rings. The van der Waals surface area contributed by atoms with E-state index in [4.69, 9.17) is 19.9 Å². The van der Waals surface area contributed by atoms with E-state index < -0.39 is 65.2 Å². The predicted octanol–water partition coefficient (Wildman–Crippen LogP) is 4.55. The molecule has 2 heterocycles. The lowest BCUT2D eigenvalue weighted by Gasteiger charge is -2.35. The van der Waals surface area contributed by atoms with Crippen LogP contribution < -0.4 is 21.7 Å². The highest BCUT2D eigenvalue weighted by Crippen LogP contribution is 2.28. The van der Waals surface area contributed by atoms with Crippen molar-refractivity contribution < 1.29 is 43.3 Å². The third-order valence-electron chi connectivity index (χ3n) is 9.99. The zero-order valence-corrected chi connectivity index (χ0v) is 36.9. The lowest BCUT2D eigenvalue weighted by atomic mass is 9.85. The number of aromatic nitrogens is 1. The third-order valence-corrected chi connectivity index (χ3v) is 11.0. The maximum atomic E-state index is 14.0. The maximum Gasteiger partial charge on any atom is 0.407 e. The fraction of sp³-hybridized carbons (Fsp3) is 0.545. The summed E-state index contributed by atoms with van der Waals surface area (Å²) in [5, 5.41) is 19.1. The summed E-state index contributed by atoms with van der Waals surface area (Å²) in [6, 6.07) is 13.2. The molecule has 5 amide bonds. The number of amides is 5. The molecule has 6 N–H and O–H groups in total. The van der Waals surface area contributed by atoms with Gasteiger partial charge in [-0.1, -0.05) is 69.3 Å². The molecule has 5 atom stereocenters. The van der Waals surface area contributed by atoms with E-state index in [0.29, 0.717) is 12.8 Å². The number of carbonyl (C=O) groups excluding carboxylic acids is 5. The molecule has 0 saturated carbocycles. The van der Waals surface area contributed by atoms with Gasteiger partial charge in [0.2, 0.25) is 23.6 Å². The number of nitrogens with one attached hydrogen (secondary N) is 3. The van der Waals surface area contributed by atoms with Crippen LogP contribution in [0.2, 0.25) is 0 Å². The number of alkyl carbamates (subject to hydrolysis) is 1. The molecule has 60 heavy (non-hydrogen) atoms. The van der Waals surface area contributed by atoms with E-state index in [9.17, 15) is 29.1 Å². The van der Waals surface area contributed by atoms with Gasteiger partial charge in [-0.3, -0.25) is 19.2 Å². The van der Waals surface area contributed by atoms with Crippen molar-refractivity contribution in [1.29, 1.82) is 0 Å². The fourth-order valence-corrected chi connectivity index (χ4v) is 7.48. The van der Waals surface area contributed by atoms with E-state index >= 15 is 0 Å². The summed E-state index contributed by atoms with van der Waals surface area (Å²) in [5.74, 6) is -1.78. The molecule has 0 bridgehead atoms. The van der Waals surface area contributed by atoms with Crippen molar-refractivity contribution in [3.05, 3.63) is 76.4 Å². The van der Waals surface area contributed by atoms with Gasteiger partial charge in [-0.05, 0) is 75.1 Å². The van der Waals surface area contributed by atoms with Crippen molar-refractivity contribution in [3.8, 4) is 10.4 Å². The molecule has 1 saturated heterocycles. The zero-order valence-electron chi connectivity index (χ0n) is 36.0. The summed E-state index contributed by atoms with van der Waals surface area (Å²) >= 11 is 1.57. The van der Waals surface area contributed by atoms with Crippen molar-refractivity contribution in [3.63, 3.8) is 0 Å². The maximum absolute atomic E-state index is 14.0. The van der Waals surface area contributed by atoms with Crippen molar-refractivity contribution in [2.24, 2.45) is 11.1 Å². The summed E-state index contributed by atoms with van der Waals surface area (Å²) < 4.78 is 17.1. The summed E-state index contributed by atoms with van der Waals surface area (Å²) in [6.45, 7) is 15.0. The number of benzene rings is 2. The second kappa shape index (κ2) is 21.6. The monoisotopic (exact) mass is 850 g/mol.